The number of benzene rings is 1. The van der Waals surface area contributed by atoms with Crippen molar-refractivity contribution < 1.29 is 9.21 Å². The summed E-state index contributed by atoms with van der Waals surface area (Å²) >= 11 is 6.18. The molecule has 23 heavy (non-hydrogen) atoms. The highest BCUT2D eigenvalue weighted by Gasteiger charge is 2.26. The van der Waals surface area contributed by atoms with Crippen LogP contribution < -0.4 is 5.32 Å². The zero-order chi connectivity index (χ0) is 16.0. The van der Waals surface area contributed by atoms with Gasteiger partial charge in [-0.2, -0.15) is 9.50 Å². The minimum Gasteiger partial charge on any atom is -0.427 e. The van der Waals surface area contributed by atoms with Crippen LogP contribution in [-0.2, 0) is 0 Å². The van der Waals surface area contributed by atoms with Crippen molar-refractivity contribution in [1.29, 1.82) is 0 Å². The first-order valence-electron chi connectivity index (χ1n) is 7.55. The van der Waals surface area contributed by atoms with Crippen LogP contribution in [0, 0.1) is 6.92 Å². The number of aromatic nitrogens is 3. The van der Waals surface area contributed by atoms with Crippen LogP contribution in [0.1, 0.15) is 35.5 Å². The highest BCUT2D eigenvalue weighted by atomic mass is 35.5. The van der Waals surface area contributed by atoms with Gasteiger partial charge in [0.05, 0.1) is 5.02 Å². The quantitative estimate of drug-likeness (QED) is 0.800. The number of fused-ring (bicyclic) bond motifs is 1. The van der Waals surface area contributed by atoms with Crippen molar-refractivity contribution in [3.63, 3.8) is 0 Å². The largest absolute Gasteiger partial charge is 0.427 e. The predicted molar refractivity (Wildman–Crippen MR) is 85.5 cm³/mol. The Morgan fingerprint density at radius 2 is 2.17 bits per heavy atom. The Hall–Kier alpha value is -2.34. The van der Waals surface area contributed by atoms with Crippen molar-refractivity contribution in [3.05, 3.63) is 40.7 Å². The lowest BCUT2D eigenvalue weighted by atomic mass is 9.93. The lowest BCUT2D eigenvalue weighted by molar-refractivity contribution is 0.0908. The Morgan fingerprint density at radius 3 is 2.87 bits per heavy atom. The molecule has 4 rings (SSSR count). The molecule has 0 radical (unpaired) electrons. The number of hydrogen-bond acceptors (Lipinski definition) is 4. The number of aryl methyl sites for hydroxylation is 1. The second kappa shape index (κ2) is 5.38. The van der Waals surface area contributed by atoms with E-state index in [-0.39, 0.29) is 17.8 Å². The first kappa shape index (κ1) is 14.3. The number of carbonyl (C=O) groups excluding carboxylic acids is 1. The van der Waals surface area contributed by atoms with Crippen molar-refractivity contribution in [2.45, 2.75) is 32.2 Å². The molecule has 1 fully saturated rings. The summed E-state index contributed by atoms with van der Waals surface area (Å²) in [6.45, 7) is 1.74. The number of halogens is 1. The lowest BCUT2D eigenvalue weighted by Gasteiger charge is -2.26. The molecule has 0 atom stereocenters. The standard InChI is InChI=1S/C16H15ClN4O2/c1-9-13(15(22)18-10-5-4-6-10)21-16(23-9)19-14(20-21)11-7-2-3-8-12(11)17/h2-3,7-8,10H,4-6H2,1H3,(H,18,22). The molecule has 2 aromatic heterocycles. The second-order valence-corrected chi connectivity index (χ2v) is 6.12. The van der Waals surface area contributed by atoms with Gasteiger partial charge in [0, 0.05) is 11.6 Å². The average Bonchev–Trinajstić information content (AvgIpc) is 2.99. The van der Waals surface area contributed by atoms with E-state index in [1.54, 1.807) is 13.0 Å². The zero-order valence-electron chi connectivity index (χ0n) is 12.5. The Kier molecular flexibility index (Phi) is 3.34. The van der Waals surface area contributed by atoms with Gasteiger partial charge < -0.3 is 9.73 Å². The summed E-state index contributed by atoms with van der Waals surface area (Å²) in [5.41, 5.74) is 1.09. The fourth-order valence-electron chi connectivity index (χ4n) is 2.66. The number of amides is 1. The van der Waals surface area contributed by atoms with Crippen LogP contribution in [0.3, 0.4) is 0 Å². The van der Waals surface area contributed by atoms with Gasteiger partial charge in [0.2, 0.25) is 0 Å². The van der Waals surface area contributed by atoms with Crippen molar-refractivity contribution in [2.75, 3.05) is 0 Å². The highest BCUT2D eigenvalue weighted by molar-refractivity contribution is 6.33. The fourth-order valence-corrected chi connectivity index (χ4v) is 2.88. The number of nitrogens with zero attached hydrogens (tertiary/aromatic N) is 3. The van der Waals surface area contributed by atoms with Gasteiger partial charge >= 0.3 is 5.84 Å². The molecule has 1 amide bonds. The molecule has 0 unspecified atom stereocenters. The molecule has 3 aromatic rings. The summed E-state index contributed by atoms with van der Waals surface area (Å²) in [4.78, 5) is 16.8. The summed E-state index contributed by atoms with van der Waals surface area (Å²) in [5, 5.41) is 7.96. The van der Waals surface area contributed by atoms with Crippen LogP contribution in [0.15, 0.2) is 28.7 Å². The third-order valence-corrected chi connectivity index (χ3v) is 4.47. The minimum absolute atomic E-state index is 0.179. The highest BCUT2D eigenvalue weighted by Crippen LogP contribution is 2.27. The molecule has 7 heteroatoms. The third kappa shape index (κ3) is 2.39. The summed E-state index contributed by atoms with van der Waals surface area (Å²) in [6, 6.07) is 7.55. The maximum atomic E-state index is 12.5. The summed E-state index contributed by atoms with van der Waals surface area (Å²) < 4.78 is 7.03. The van der Waals surface area contributed by atoms with Crippen LogP contribution >= 0.6 is 11.6 Å². The molecule has 2 heterocycles. The van der Waals surface area contributed by atoms with E-state index in [0.717, 1.165) is 19.3 Å². The predicted octanol–water partition coefficient (Wildman–Crippen LogP) is 3.23. The summed E-state index contributed by atoms with van der Waals surface area (Å²) in [5.74, 6) is 1.05. The van der Waals surface area contributed by atoms with E-state index >= 15 is 0 Å². The Balaban J connectivity index is 1.75. The smallest absolute Gasteiger partial charge is 0.325 e. The van der Waals surface area contributed by atoms with Gasteiger partial charge in [0.25, 0.3) is 5.91 Å². The van der Waals surface area contributed by atoms with E-state index in [1.807, 2.05) is 18.2 Å². The zero-order valence-corrected chi connectivity index (χ0v) is 13.3. The average molecular weight is 331 g/mol. The molecule has 1 aromatic carbocycles. The number of hydrogen-bond donors (Lipinski definition) is 1. The first-order valence-corrected chi connectivity index (χ1v) is 7.93. The molecule has 118 valence electrons. The van der Waals surface area contributed by atoms with E-state index in [4.69, 9.17) is 16.0 Å². The number of oxazole rings is 1. The summed E-state index contributed by atoms with van der Waals surface area (Å²) in [7, 11) is 0. The van der Waals surface area contributed by atoms with Gasteiger partial charge in [-0.1, -0.05) is 23.7 Å². The van der Waals surface area contributed by atoms with Gasteiger partial charge in [-0.05, 0) is 38.3 Å². The SMILES string of the molecule is Cc1oc2nc(-c3ccccc3Cl)nn2c1C(=O)NC1CCC1. The van der Waals surface area contributed by atoms with Gasteiger partial charge in [-0.25, -0.2) is 0 Å². The molecule has 1 aliphatic carbocycles. The van der Waals surface area contributed by atoms with Crippen molar-refractivity contribution in [2.24, 2.45) is 0 Å². The number of nitrogens with one attached hydrogen (secondary N) is 1. The van der Waals surface area contributed by atoms with E-state index in [9.17, 15) is 4.79 Å². The molecule has 0 spiro atoms. The van der Waals surface area contributed by atoms with E-state index in [1.165, 1.54) is 4.52 Å². The van der Waals surface area contributed by atoms with Crippen LogP contribution in [-0.4, -0.2) is 26.5 Å². The lowest BCUT2D eigenvalue weighted by Crippen LogP contribution is -2.40. The monoisotopic (exact) mass is 330 g/mol. The third-order valence-electron chi connectivity index (χ3n) is 4.14. The minimum atomic E-state index is -0.179. The number of carbonyl (C=O) groups is 1. The Morgan fingerprint density at radius 1 is 1.39 bits per heavy atom. The van der Waals surface area contributed by atoms with Crippen LogP contribution in [0.5, 0.6) is 0 Å². The molecular weight excluding hydrogens is 316 g/mol. The van der Waals surface area contributed by atoms with E-state index in [0.29, 0.717) is 27.9 Å². The van der Waals surface area contributed by atoms with Crippen LogP contribution in [0.25, 0.3) is 17.2 Å². The summed E-state index contributed by atoms with van der Waals surface area (Å²) in [6.07, 6.45) is 3.20. The maximum Gasteiger partial charge on any atom is 0.325 e. The normalized spacial score (nSPS) is 14.9. The van der Waals surface area contributed by atoms with Crippen LogP contribution in [0.2, 0.25) is 5.02 Å². The van der Waals surface area contributed by atoms with Crippen LogP contribution in [0.4, 0.5) is 0 Å². The second-order valence-electron chi connectivity index (χ2n) is 5.72. The molecule has 1 aliphatic rings. The van der Waals surface area contributed by atoms with Crippen molar-refractivity contribution in [3.8, 4) is 11.4 Å². The topological polar surface area (TPSA) is 72.4 Å². The first-order chi connectivity index (χ1) is 11.1. The fraction of sp³-hybridized carbons (Fsp3) is 0.312. The number of rotatable bonds is 3. The van der Waals surface area contributed by atoms with Crippen molar-refractivity contribution >= 4 is 23.4 Å². The molecule has 0 bridgehead atoms. The van der Waals surface area contributed by atoms with Crippen molar-refractivity contribution in [1.82, 2.24) is 19.9 Å². The van der Waals surface area contributed by atoms with Gasteiger partial charge in [-0.3, -0.25) is 4.79 Å². The maximum absolute atomic E-state index is 12.5. The molecule has 6 nitrogen and oxygen atoms in total. The van der Waals surface area contributed by atoms with Gasteiger partial charge in [0.1, 0.15) is 5.76 Å². The van der Waals surface area contributed by atoms with E-state index in [2.05, 4.69) is 15.4 Å². The van der Waals surface area contributed by atoms with Gasteiger partial charge in [-0.15, -0.1) is 5.10 Å². The molecule has 1 N–H and O–H groups in total. The molecule has 0 aliphatic heterocycles. The Labute approximate surface area is 137 Å². The van der Waals surface area contributed by atoms with E-state index < -0.39 is 0 Å². The molecule has 0 saturated heterocycles. The Bertz CT molecular complexity index is 895. The van der Waals surface area contributed by atoms with Gasteiger partial charge in [0.15, 0.2) is 11.5 Å². The molecular formula is C16H15ClN4O2. The molecule has 1 saturated carbocycles.